The summed E-state index contributed by atoms with van der Waals surface area (Å²) in [4.78, 5) is 24.4. The number of esters is 1. The molecule has 1 amide bonds. The lowest BCUT2D eigenvalue weighted by Crippen LogP contribution is -2.45. The fourth-order valence-corrected chi connectivity index (χ4v) is 8.55. The van der Waals surface area contributed by atoms with Crippen LogP contribution < -0.4 is 5.32 Å². The molecule has 2 atom stereocenters. The van der Waals surface area contributed by atoms with E-state index in [0.717, 1.165) is 57.8 Å². The van der Waals surface area contributed by atoms with Gasteiger partial charge in [-0.3, -0.25) is 9.59 Å². The largest absolute Gasteiger partial charge is 0.466 e. The second-order valence-electron chi connectivity index (χ2n) is 19.3. The fraction of sp³-hybridized carbons (Fsp3) is 0.862. The van der Waals surface area contributed by atoms with Gasteiger partial charge in [-0.15, -0.1) is 0 Å². The molecule has 0 aromatic rings. The molecule has 0 aromatic heterocycles. The van der Waals surface area contributed by atoms with Crippen LogP contribution in [0.15, 0.2) is 36.5 Å². The molecular formula is C58H109NO5. The fourth-order valence-electron chi connectivity index (χ4n) is 8.55. The summed E-state index contributed by atoms with van der Waals surface area (Å²) in [6.45, 7) is 4.91. The van der Waals surface area contributed by atoms with Gasteiger partial charge in [-0.1, -0.05) is 237 Å². The maximum Gasteiger partial charge on any atom is 0.305 e. The number of allylic oxidation sites excluding steroid dienone is 6. The molecule has 376 valence electrons. The molecule has 0 radical (unpaired) electrons. The Balaban J connectivity index is 3.45. The molecule has 0 heterocycles. The zero-order valence-electron chi connectivity index (χ0n) is 42.8. The van der Waals surface area contributed by atoms with Crippen molar-refractivity contribution < 1.29 is 24.5 Å². The lowest BCUT2D eigenvalue weighted by Gasteiger charge is -2.22. The first-order valence-electron chi connectivity index (χ1n) is 28.2. The van der Waals surface area contributed by atoms with E-state index >= 15 is 0 Å². The number of unbranched alkanes of at least 4 members (excludes halogenated alkanes) is 35. The molecular weight excluding hydrogens is 791 g/mol. The summed E-state index contributed by atoms with van der Waals surface area (Å²) < 4.78 is 5.45. The van der Waals surface area contributed by atoms with Gasteiger partial charge in [-0.2, -0.15) is 0 Å². The van der Waals surface area contributed by atoms with Crippen LogP contribution in [-0.4, -0.2) is 47.4 Å². The van der Waals surface area contributed by atoms with Gasteiger partial charge >= 0.3 is 5.97 Å². The minimum Gasteiger partial charge on any atom is -0.466 e. The molecule has 0 aliphatic carbocycles. The number of carbonyl (C=O) groups excluding carboxylic acids is 2. The zero-order valence-corrected chi connectivity index (χ0v) is 42.8. The smallest absolute Gasteiger partial charge is 0.305 e. The molecule has 6 heteroatoms. The quantitative estimate of drug-likeness (QED) is 0.0321. The number of ether oxygens (including phenoxy) is 1. The Kier molecular flexibility index (Phi) is 52.1. The van der Waals surface area contributed by atoms with Crippen molar-refractivity contribution in [2.45, 2.75) is 309 Å². The molecule has 0 spiro atoms. The van der Waals surface area contributed by atoms with Crippen molar-refractivity contribution >= 4 is 11.9 Å². The Morgan fingerprint density at radius 3 is 1.23 bits per heavy atom. The second kappa shape index (κ2) is 53.7. The summed E-state index contributed by atoms with van der Waals surface area (Å²) >= 11 is 0. The van der Waals surface area contributed by atoms with Gasteiger partial charge in [-0.05, 0) is 83.5 Å². The molecule has 0 rings (SSSR count). The number of hydrogen-bond donors (Lipinski definition) is 3. The number of rotatable bonds is 52. The van der Waals surface area contributed by atoms with E-state index in [4.69, 9.17) is 4.74 Å². The highest BCUT2D eigenvalue weighted by Crippen LogP contribution is 2.16. The zero-order chi connectivity index (χ0) is 46.5. The van der Waals surface area contributed by atoms with Crippen molar-refractivity contribution in [3.05, 3.63) is 36.5 Å². The first-order valence-corrected chi connectivity index (χ1v) is 28.2. The van der Waals surface area contributed by atoms with Crippen molar-refractivity contribution in [1.29, 1.82) is 0 Å². The van der Waals surface area contributed by atoms with Gasteiger partial charge < -0.3 is 20.3 Å². The molecule has 0 aromatic carbocycles. The third kappa shape index (κ3) is 49.5. The normalized spacial score (nSPS) is 12.9. The molecule has 0 aliphatic rings. The first kappa shape index (κ1) is 62.1. The van der Waals surface area contributed by atoms with Gasteiger partial charge in [0, 0.05) is 12.8 Å². The van der Waals surface area contributed by atoms with E-state index in [-0.39, 0.29) is 18.5 Å². The van der Waals surface area contributed by atoms with E-state index in [1.54, 1.807) is 0 Å². The number of amides is 1. The highest BCUT2D eigenvalue weighted by molar-refractivity contribution is 5.76. The second-order valence-corrected chi connectivity index (χ2v) is 19.3. The van der Waals surface area contributed by atoms with Gasteiger partial charge in [0.15, 0.2) is 0 Å². The minimum atomic E-state index is -0.670. The van der Waals surface area contributed by atoms with Crippen molar-refractivity contribution in [2.75, 3.05) is 13.2 Å². The summed E-state index contributed by atoms with van der Waals surface area (Å²) in [5.41, 5.74) is 0. The van der Waals surface area contributed by atoms with E-state index in [1.165, 1.54) is 205 Å². The van der Waals surface area contributed by atoms with Crippen LogP contribution in [0.3, 0.4) is 0 Å². The highest BCUT2D eigenvalue weighted by Gasteiger charge is 2.20. The predicted octanol–water partition coefficient (Wildman–Crippen LogP) is 17.2. The SMILES string of the molecule is CCCCC/C=C\CCCCCCCC(=O)OCCCCCCCCCCC/C=C\C/C=C\CCCCCCCCCC(=O)NC(CO)C(O)CCCCCCCCCCCCCC. The Morgan fingerprint density at radius 2 is 0.781 bits per heavy atom. The molecule has 0 saturated heterocycles. The summed E-state index contributed by atoms with van der Waals surface area (Å²) in [6.07, 6.45) is 65.6. The number of aliphatic hydroxyl groups is 2. The Labute approximate surface area is 398 Å². The average Bonchev–Trinajstić information content (AvgIpc) is 3.29. The topological polar surface area (TPSA) is 95.9 Å². The average molecular weight is 901 g/mol. The van der Waals surface area contributed by atoms with Crippen molar-refractivity contribution in [2.24, 2.45) is 0 Å². The van der Waals surface area contributed by atoms with Crippen LogP contribution in [0.25, 0.3) is 0 Å². The number of carbonyl (C=O) groups is 2. The maximum atomic E-state index is 12.4. The predicted molar refractivity (Wildman–Crippen MR) is 278 cm³/mol. The van der Waals surface area contributed by atoms with Crippen LogP contribution in [-0.2, 0) is 14.3 Å². The van der Waals surface area contributed by atoms with Crippen LogP contribution >= 0.6 is 0 Å². The number of aliphatic hydroxyl groups excluding tert-OH is 2. The van der Waals surface area contributed by atoms with Crippen LogP contribution in [0.4, 0.5) is 0 Å². The van der Waals surface area contributed by atoms with E-state index in [2.05, 4.69) is 55.6 Å². The Morgan fingerprint density at radius 1 is 0.438 bits per heavy atom. The molecule has 0 saturated carbocycles. The summed E-state index contributed by atoms with van der Waals surface area (Å²) in [5.74, 6) is -0.0496. The maximum absolute atomic E-state index is 12.4. The van der Waals surface area contributed by atoms with Crippen LogP contribution in [0, 0.1) is 0 Å². The Bertz CT molecular complexity index is 1040. The molecule has 0 aliphatic heterocycles. The lowest BCUT2D eigenvalue weighted by atomic mass is 10.0. The van der Waals surface area contributed by atoms with E-state index < -0.39 is 12.1 Å². The van der Waals surface area contributed by atoms with Gasteiger partial charge in [0.25, 0.3) is 0 Å². The minimum absolute atomic E-state index is 0.00346. The van der Waals surface area contributed by atoms with Crippen LogP contribution in [0.1, 0.15) is 296 Å². The van der Waals surface area contributed by atoms with Crippen LogP contribution in [0.2, 0.25) is 0 Å². The van der Waals surface area contributed by atoms with Gasteiger partial charge in [0.1, 0.15) is 0 Å². The van der Waals surface area contributed by atoms with E-state index in [1.807, 2.05) is 0 Å². The van der Waals surface area contributed by atoms with E-state index in [9.17, 15) is 19.8 Å². The highest BCUT2D eigenvalue weighted by atomic mass is 16.5. The van der Waals surface area contributed by atoms with E-state index in [0.29, 0.717) is 25.9 Å². The van der Waals surface area contributed by atoms with Crippen molar-refractivity contribution in [3.63, 3.8) is 0 Å². The van der Waals surface area contributed by atoms with Crippen molar-refractivity contribution in [3.8, 4) is 0 Å². The summed E-state index contributed by atoms with van der Waals surface area (Å²) in [5, 5.41) is 23.2. The molecule has 6 nitrogen and oxygen atoms in total. The first-order chi connectivity index (χ1) is 31.5. The lowest BCUT2D eigenvalue weighted by molar-refractivity contribution is -0.143. The molecule has 64 heavy (non-hydrogen) atoms. The third-order valence-corrected chi connectivity index (χ3v) is 12.9. The molecule has 0 fully saturated rings. The van der Waals surface area contributed by atoms with Gasteiger partial charge in [0.05, 0.1) is 25.4 Å². The molecule has 2 unspecified atom stereocenters. The monoisotopic (exact) mass is 900 g/mol. The summed E-state index contributed by atoms with van der Waals surface area (Å²) in [6, 6.07) is -0.548. The molecule has 0 bridgehead atoms. The molecule has 3 N–H and O–H groups in total. The van der Waals surface area contributed by atoms with Gasteiger partial charge in [0.2, 0.25) is 5.91 Å². The van der Waals surface area contributed by atoms with Crippen LogP contribution in [0.5, 0.6) is 0 Å². The Hall–Kier alpha value is -1.92. The summed E-state index contributed by atoms with van der Waals surface area (Å²) in [7, 11) is 0. The number of nitrogens with one attached hydrogen (secondary N) is 1. The van der Waals surface area contributed by atoms with Gasteiger partial charge in [-0.25, -0.2) is 0 Å². The van der Waals surface area contributed by atoms with Crippen molar-refractivity contribution in [1.82, 2.24) is 5.32 Å². The standard InChI is InChI=1S/C58H109NO5/c1-3-5-7-9-11-13-15-30-34-38-42-46-50-56(61)55(54-60)59-57(62)51-47-43-39-35-31-28-26-24-22-20-18-17-19-21-23-25-27-29-33-37-41-45-49-53-64-58(63)52-48-44-40-36-32-16-14-12-10-8-6-4-2/h12,14,17,19-20,22,55-56,60-61H,3-11,13,15-16,18,21,23-54H2,1-2H3,(H,59,62)/b14-12-,19-17-,22-20-. The third-order valence-electron chi connectivity index (χ3n) is 12.9. The number of hydrogen-bond acceptors (Lipinski definition) is 5.